The number of carbonyl (C=O) groups excluding carboxylic acids is 2. The molecule has 3 aromatic rings. The molecule has 1 aliphatic heterocycles. The van der Waals surface area contributed by atoms with E-state index in [0.29, 0.717) is 47.8 Å². The van der Waals surface area contributed by atoms with Crippen molar-refractivity contribution < 1.29 is 29.0 Å². The summed E-state index contributed by atoms with van der Waals surface area (Å²) in [7, 11) is 3.37. The summed E-state index contributed by atoms with van der Waals surface area (Å²) in [6.07, 6.45) is 6.92. The normalized spacial score (nSPS) is 27.4. The minimum absolute atomic E-state index is 0.117. The zero-order valence-corrected chi connectivity index (χ0v) is 27.4. The van der Waals surface area contributed by atoms with Gasteiger partial charge in [-0.2, -0.15) is 0 Å². The lowest BCUT2D eigenvalue weighted by atomic mass is 9.93. The molecule has 0 saturated heterocycles. The summed E-state index contributed by atoms with van der Waals surface area (Å²) in [4.78, 5) is 51.2. The van der Waals surface area contributed by atoms with Crippen LogP contribution in [0.15, 0.2) is 41.8 Å². The van der Waals surface area contributed by atoms with Crippen LogP contribution in [0.2, 0.25) is 0 Å². The van der Waals surface area contributed by atoms with Crippen molar-refractivity contribution in [1.29, 1.82) is 0 Å². The van der Waals surface area contributed by atoms with Crippen molar-refractivity contribution in [2.24, 2.45) is 17.8 Å². The number of allylic oxidation sites excluding steroid dienone is 1. The zero-order chi connectivity index (χ0) is 32.6. The number of ether oxygens (including phenoxy) is 2. The Balaban J connectivity index is 1.32. The molecule has 2 saturated carbocycles. The Morgan fingerprint density at radius 3 is 2.72 bits per heavy atom. The molecule has 5 unspecified atom stereocenters. The largest absolute Gasteiger partial charge is 0.497 e. The standard InChI is InChI=1S/C34H41N5O6S/c1-19(2)35-33-37-28(18-46-33)27-16-29(23-11-10-21(44-4)15-26(23)36-27)45-22-13-24-25(14-22)31(41)39(3)12-8-6-5-7-9-20-17-34(20,32(42)43)38-30(24)40/h7,9-11,15-16,18-20,22,24-25H,5-6,8,12-14,17H2,1-4H3,(H,35,37)(H,38,40)(H,42,43)/b9-7-. The number of carboxylic acids is 1. The molecule has 46 heavy (non-hydrogen) atoms. The van der Waals surface area contributed by atoms with Crippen LogP contribution < -0.4 is 20.1 Å². The lowest BCUT2D eigenvalue weighted by molar-refractivity contribution is -0.145. The Morgan fingerprint density at radius 2 is 1.96 bits per heavy atom. The van der Waals surface area contributed by atoms with Gasteiger partial charge in [-0.1, -0.05) is 12.2 Å². The number of aliphatic carboxylic acids is 1. The molecule has 0 bridgehead atoms. The van der Waals surface area contributed by atoms with Crippen molar-refractivity contribution >= 4 is 45.2 Å². The first-order chi connectivity index (χ1) is 22.1. The molecule has 0 spiro atoms. The number of carbonyl (C=O) groups is 3. The summed E-state index contributed by atoms with van der Waals surface area (Å²) in [5.41, 5.74) is 0.664. The van der Waals surface area contributed by atoms with Gasteiger partial charge in [-0.05, 0) is 64.5 Å². The Hall–Kier alpha value is -4.19. The van der Waals surface area contributed by atoms with Crippen molar-refractivity contribution in [3.05, 3.63) is 41.8 Å². The summed E-state index contributed by atoms with van der Waals surface area (Å²) in [5, 5.41) is 19.8. The van der Waals surface area contributed by atoms with Gasteiger partial charge < -0.3 is 30.1 Å². The highest BCUT2D eigenvalue weighted by Gasteiger charge is 2.61. The summed E-state index contributed by atoms with van der Waals surface area (Å²) in [6.45, 7) is 4.69. The van der Waals surface area contributed by atoms with Crippen molar-refractivity contribution in [2.75, 3.05) is 26.0 Å². The predicted molar refractivity (Wildman–Crippen MR) is 176 cm³/mol. The van der Waals surface area contributed by atoms with Gasteiger partial charge in [0.15, 0.2) is 5.13 Å². The van der Waals surface area contributed by atoms with Gasteiger partial charge in [0, 0.05) is 48.5 Å². The molecule has 1 aromatic carbocycles. The first-order valence-corrected chi connectivity index (χ1v) is 16.8. The molecule has 2 amide bonds. The monoisotopic (exact) mass is 647 g/mol. The van der Waals surface area contributed by atoms with Crippen LogP contribution in [0.4, 0.5) is 5.13 Å². The van der Waals surface area contributed by atoms with Crippen LogP contribution in [0, 0.1) is 17.8 Å². The molecule has 244 valence electrons. The highest BCUT2D eigenvalue weighted by Crippen LogP contribution is 2.47. The van der Waals surface area contributed by atoms with E-state index < -0.39 is 35.4 Å². The van der Waals surface area contributed by atoms with Crippen molar-refractivity contribution in [3.63, 3.8) is 0 Å². The van der Waals surface area contributed by atoms with Gasteiger partial charge >= 0.3 is 5.97 Å². The Morgan fingerprint density at radius 1 is 1.15 bits per heavy atom. The first kappa shape index (κ1) is 31.8. The summed E-state index contributed by atoms with van der Waals surface area (Å²) in [6, 6.07) is 7.66. The fraction of sp³-hybridized carbons (Fsp3) is 0.500. The number of hydrogen-bond donors (Lipinski definition) is 3. The number of rotatable bonds is 7. The van der Waals surface area contributed by atoms with E-state index in [1.807, 2.05) is 41.8 Å². The number of nitrogens with one attached hydrogen (secondary N) is 2. The maximum atomic E-state index is 13.8. The number of benzene rings is 1. The second-order valence-electron chi connectivity index (χ2n) is 12.9. The second kappa shape index (κ2) is 12.9. The SMILES string of the molecule is COc1ccc2c(OC3CC4C(=O)NC5(C(=O)O)CC5/C=C\CCCCN(C)C(=O)C4C3)cc(-c3csc(NC(C)C)n3)nc2c1. The maximum Gasteiger partial charge on any atom is 0.330 e. The first-order valence-electron chi connectivity index (χ1n) is 15.9. The van der Waals surface area contributed by atoms with Gasteiger partial charge in [0.2, 0.25) is 11.8 Å². The molecular formula is C34H41N5O6S. The minimum Gasteiger partial charge on any atom is -0.497 e. The van der Waals surface area contributed by atoms with E-state index in [9.17, 15) is 19.5 Å². The number of aromatic nitrogens is 2. The fourth-order valence-electron chi connectivity index (χ4n) is 6.61. The Bertz CT molecular complexity index is 1670. The molecule has 2 fully saturated rings. The van der Waals surface area contributed by atoms with E-state index >= 15 is 0 Å². The van der Waals surface area contributed by atoms with Gasteiger partial charge in [-0.15, -0.1) is 11.3 Å². The number of hydrogen-bond acceptors (Lipinski definition) is 9. The van der Waals surface area contributed by atoms with Crippen LogP contribution in [0.5, 0.6) is 11.5 Å². The number of methoxy groups -OCH3 is 1. The van der Waals surface area contributed by atoms with E-state index in [4.69, 9.17) is 19.4 Å². The predicted octanol–water partition coefficient (Wildman–Crippen LogP) is 5.12. The van der Waals surface area contributed by atoms with Gasteiger partial charge in [0.05, 0.1) is 30.2 Å². The lowest BCUT2D eigenvalue weighted by Gasteiger charge is -2.26. The van der Waals surface area contributed by atoms with E-state index in [1.165, 1.54) is 11.3 Å². The molecule has 2 aromatic heterocycles. The molecule has 3 heterocycles. The second-order valence-corrected chi connectivity index (χ2v) is 13.8. The Labute approximate surface area is 272 Å². The van der Waals surface area contributed by atoms with Gasteiger partial charge in [-0.25, -0.2) is 14.8 Å². The third-order valence-electron chi connectivity index (χ3n) is 9.23. The molecule has 2 aliphatic carbocycles. The highest BCUT2D eigenvalue weighted by atomic mass is 32.1. The quantitative estimate of drug-likeness (QED) is 0.298. The average Bonchev–Trinajstić information content (AvgIpc) is 3.31. The molecule has 3 aliphatic rings. The van der Waals surface area contributed by atoms with Crippen LogP contribution in [0.3, 0.4) is 0 Å². The number of anilines is 1. The summed E-state index contributed by atoms with van der Waals surface area (Å²) >= 11 is 1.50. The number of fused-ring (bicyclic) bond motifs is 3. The maximum absolute atomic E-state index is 13.8. The van der Waals surface area contributed by atoms with Crippen LogP contribution in [-0.2, 0) is 14.4 Å². The topological polar surface area (TPSA) is 143 Å². The molecule has 5 atom stereocenters. The van der Waals surface area contributed by atoms with E-state index in [0.717, 1.165) is 29.8 Å². The van der Waals surface area contributed by atoms with Gasteiger partial charge in [-0.3, -0.25) is 9.59 Å². The van der Waals surface area contributed by atoms with Gasteiger partial charge in [0.1, 0.15) is 28.8 Å². The molecule has 12 heteroatoms. The molecule has 11 nitrogen and oxygen atoms in total. The van der Waals surface area contributed by atoms with Crippen molar-refractivity contribution in [3.8, 4) is 22.9 Å². The van der Waals surface area contributed by atoms with E-state index in [2.05, 4.69) is 24.5 Å². The number of amides is 2. The highest BCUT2D eigenvalue weighted by molar-refractivity contribution is 7.14. The molecule has 6 rings (SSSR count). The number of nitrogens with zero attached hydrogens (tertiary/aromatic N) is 3. The van der Waals surface area contributed by atoms with E-state index in [-0.39, 0.29) is 24.3 Å². The summed E-state index contributed by atoms with van der Waals surface area (Å²) < 4.78 is 12.1. The van der Waals surface area contributed by atoms with Crippen LogP contribution in [0.25, 0.3) is 22.3 Å². The lowest BCUT2D eigenvalue weighted by Crippen LogP contribution is -2.49. The van der Waals surface area contributed by atoms with Crippen molar-refractivity contribution in [1.82, 2.24) is 20.2 Å². The van der Waals surface area contributed by atoms with Crippen molar-refractivity contribution in [2.45, 2.75) is 70.1 Å². The van der Waals surface area contributed by atoms with E-state index in [1.54, 1.807) is 19.1 Å². The number of thiazole rings is 1. The number of pyridine rings is 1. The number of carboxylic acid groups (broad SMARTS) is 1. The third kappa shape index (κ3) is 6.40. The fourth-order valence-corrected chi connectivity index (χ4v) is 7.46. The Kier molecular flexibility index (Phi) is 8.91. The van der Waals surface area contributed by atoms with Gasteiger partial charge in [0.25, 0.3) is 0 Å². The summed E-state index contributed by atoms with van der Waals surface area (Å²) in [5.74, 6) is -1.97. The molecular weight excluding hydrogens is 606 g/mol. The van der Waals surface area contributed by atoms with Crippen LogP contribution >= 0.6 is 11.3 Å². The smallest absolute Gasteiger partial charge is 0.330 e. The van der Waals surface area contributed by atoms with Crippen LogP contribution in [0.1, 0.15) is 52.4 Å². The molecule has 0 radical (unpaired) electrons. The minimum atomic E-state index is -1.33. The third-order valence-corrected chi connectivity index (χ3v) is 10.00. The average molecular weight is 648 g/mol. The zero-order valence-electron chi connectivity index (χ0n) is 26.6. The molecule has 3 N–H and O–H groups in total. The van der Waals surface area contributed by atoms with Crippen LogP contribution in [-0.4, -0.2) is 76.1 Å².